The van der Waals surface area contributed by atoms with Gasteiger partial charge in [-0.15, -0.1) is 0 Å². The molecular formula is C28H28N2O7. The Morgan fingerprint density at radius 1 is 0.838 bits per heavy atom. The fourth-order valence-electron chi connectivity index (χ4n) is 3.51. The van der Waals surface area contributed by atoms with Gasteiger partial charge in [-0.3, -0.25) is 9.69 Å². The first-order valence-corrected chi connectivity index (χ1v) is 11.6. The molecule has 0 aliphatic rings. The molecule has 192 valence electrons. The molecule has 2 N–H and O–H groups in total. The zero-order chi connectivity index (χ0) is 26.8. The summed E-state index contributed by atoms with van der Waals surface area (Å²) in [7, 11) is 0. The number of anilines is 1. The van der Waals surface area contributed by atoms with Crippen LogP contribution in [0.3, 0.4) is 0 Å². The number of hydrogen-bond donors (Lipinski definition) is 2. The Labute approximate surface area is 214 Å². The molecule has 0 radical (unpaired) electrons. The van der Waals surface area contributed by atoms with E-state index in [4.69, 9.17) is 9.47 Å². The third kappa shape index (κ3) is 7.41. The number of esters is 1. The molecule has 2 amide bonds. The van der Waals surface area contributed by atoms with Crippen LogP contribution in [0.4, 0.5) is 10.5 Å². The van der Waals surface area contributed by atoms with E-state index in [1.165, 1.54) is 26.0 Å². The average Bonchev–Trinajstić information content (AvgIpc) is 2.91. The zero-order valence-electron chi connectivity index (χ0n) is 20.4. The Bertz CT molecular complexity index is 1200. The van der Waals surface area contributed by atoms with Crippen LogP contribution >= 0.6 is 0 Å². The van der Waals surface area contributed by atoms with Crippen LogP contribution in [0.1, 0.15) is 29.8 Å². The number of carboxylic acids is 1. The molecule has 0 heterocycles. The molecule has 3 unspecified atom stereocenters. The molecule has 0 saturated heterocycles. The van der Waals surface area contributed by atoms with Crippen LogP contribution in [0.15, 0.2) is 91.0 Å². The Kier molecular flexibility index (Phi) is 9.37. The number of benzene rings is 3. The van der Waals surface area contributed by atoms with Gasteiger partial charge in [-0.05, 0) is 43.7 Å². The molecular weight excluding hydrogens is 476 g/mol. The lowest BCUT2D eigenvalue weighted by atomic mass is 10.1. The largest absolute Gasteiger partial charge is 0.480 e. The monoisotopic (exact) mass is 504 g/mol. The number of amides is 2. The molecule has 0 spiro atoms. The van der Waals surface area contributed by atoms with E-state index in [1.54, 1.807) is 60.7 Å². The molecule has 3 aromatic rings. The van der Waals surface area contributed by atoms with Gasteiger partial charge < -0.3 is 19.9 Å². The van der Waals surface area contributed by atoms with Crippen molar-refractivity contribution < 1.29 is 33.8 Å². The van der Waals surface area contributed by atoms with E-state index in [9.17, 15) is 24.3 Å². The number of carbonyl (C=O) groups is 4. The number of aliphatic carboxylic acids is 1. The van der Waals surface area contributed by atoms with Crippen molar-refractivity contribution in [3.63, 3.8) is 0 Å². The molecule has 0 aliphatic heterocycles. The van der Waals surface area contributed by atoms with Crippen molar-refractivity contribution in [1.82, 2.24) is 5.32 Å². The van der Waals surface area contributed by atoms with Crippen molar-refractivity contribution in [2.45, 2.75) is 38.6 Å². The van der Waals surface area contributed by atoms with E-state index in [-0.39, 0.29) is 12.2 Å². The van der Waals surface area contributed by atoms with Crippen molar-refractivity contribution in [1.29, 1.82) is 0 Å². The number of carbonyl (C=O) groups excluding carboxylic acids is 3. The maximum atomic E-state index is 13.1. The van der Waals surface area contributed by atoms with Crippen molar-refractivity contribution in [2.75, 3.05) is 4.90 Å². The third-order valence-electron chi connectivity index (χ3n) is 5.54. The minimum Gasteiger partial charge on any atom is -0.480 e. The van der Waals surface area contributed by atoms with Crippen LogP contribution in [0.2, 0.25) is 0 Å². The molecule has 0 fully saturated rings. The minimum atomic E-state index is -1.56. The normalized spacial score (nSPS) is 12.9. The summed E-state index contributed by atoms with van der Waals surface area (Å²) in [5, 5.41) is 12.1. The number of nitrogens with zero attached hydrogens (tertiary/aromatic N) is 1. The van der Waals surface area contributed by atoms with E-state index < -0.39 is 42.1 Å². The molecule has 3 aromatic carbocycles. The van der Waals surface area contributed by atoms with Crippen LogP contribution in [0.5, 0.6) is 0 Å². The Balaban J connectivity index is 1.73. The molecule has 9 heteroatoms. The standard InChI is InChI=1S/C28H28N2O7/c1-19(25(31)29-24(26(32)33)20(2)37-27(34)22-14-8-4-9-15-22)30(23-16-10-5-11-17-23)28(35)36-18-21-12-6-3-7-13-21/h3-17,19-20,24H,18H2,1-2H3,(H,29,31)(H,32,33). The maximum Gasteiger partial charge on any atom is 0.415 e. The Morgan fingerprint density at radius 3 is 1.95 bits per heavy atom. The number of rotatable bonds is 10. The van der Waals surface area contributed by atoms with Gasteiger partial charge in [0, 0.05) is 5.69 Å². The lowest BCUT2D eigenvalue weighted by Crippen LogP contribution is -2.55. The van der Waals surface area contributed by atoms with E-state index in [2.05, 4.69) is 5.32 Å². The number of ether oxygens (including phenoxy) is 2. The van der Waals surface area contributed by atoms with Crippen molar-refractivity contribution in [3.8, 4) is 0 Å². The van der Waals surface area contributed by atoms with Crippen molar-refractivity contribution in [2.24, 2.45) is 0 Å². The number of nitrogens with one attached hydrogen (secondary N) is 1. The topological polar surface area (TPSA) is 122 Å². The lowest BCUT2D eigenvalue weighted by molar-refractivity contribution is -0.145. The summed E-state index contributed by atoms with van der Waals surface area (Å²) in [6, 6.07) is 22.9. The second kappa shape index (κ2) is 12.9. The van der Waals surface area contributed by atoms with E-state index in [0.29, 0.717) is 5.69 Å². The molecule has 37 heavy (non-hydrogen) atoms. The van der Waals surface area contributed by atoms with Gasteiger partial charge in [-0.2, -0.15) is 0 Å². The van der Waals surface area contributed by atoms with Crippen LogP contribution in [-0.2, 0) is 25.7 Å². The van der Waals surface area contributed by atoms with Crippen LogP contribution in [0, 0.1) is 0 Å². The second-order valence-electron chi connectivity index (χ2n) is 8.22. The Hall–Kier alpha value is -4.66. The summed E-state index contributed by atoms with van der Waals surface area (Å²) in [5.74, 6) is -2.89. The highest BCUT2D eigenvalue weighted by Crippen LogP contribution is 2.19. The summed E-state index contributed by atoms with van der Waals surface area (Å²) in [5.41, 5.74) is 1.40. The summed E-state index contributed by atoms with van der Waals surface area (Å²) in [4.78, 5) is 51.7. The highest BCUT2D eigenvalue weighted by Gasteiger charge is 2.35. The van der Waals surface area contributed by atoms with Crippen molar-refractivity contribution >= 4 is 29.6 Å². The van der Waals surface area contributed by atoms with Gasteiger partial charge in [-0.1, -0.05) is 66.7 Å². The van der Waals surface area contributed by atoms with E-state index >= 15 is 0 Å². The van der Waals surface area contributed by atoms with Crippen LogP contribution in [-0.4, -0.2) is 47.2 Å². The van der Waals surface area contributed by atoms with Crippen LogP contribution in [0.25, 0.3) is 0 Å². The first-order valence-electron chi connectivity index (χ1n) is 11.6. The minimum absolute atomic E-state index is 0.0123. The van der Waals surface area contributed by atoms with Gasteiger partial charge in [0.1, 0.15) is 18.8 Å². The summed E-state index contributed by atoms with van der Waals surface area (Å²) in [6.07, 6.45) is -1.98. The van der Waals surface area contributed by atoms with Gasteiger partial charge in [-0.25, -0.2) is 14.4 Å². The SMILES string of the molecule is CC(OC(=O)c1ccccc1)C(NC(=O)C(C)N(C(=O)OCc1ccccc1)c1ccccc1)C(=O)O. The summed E-state index contributed by atoms with van der Waals surface area (Å²) in [6.45, 7) is 2.81. The predicted molar refractivity (Wildman–Crippen MR) is 136 cm³/mol. The van der Waals surface area contributed by atoms with Gasteiger partial charge in [0.25, 0.3) is 0 Å². The third-order valence-corrected chi connectivity index (χ3v) is 5.54. The maximum absolute atomic E-state index is 13.1. The molecule has 9 nitrogen and oxygen atoms in total. The Morgan fingerprint density at radius 2 is 1.38 bits per heavy atom. The molecule has 0 saturated carbocycles. The molecule has 3 atom stereocenters. The highest BCUT2D eigenvalue weighted by molar-refractivity contribution is 5.98. The van der Waals surface area contributed by atoms with E-state index in [0.717, 1.165) is 10.5 Å². The fraction of sp³-hybridized carbons (Fsp3) is 0.214. The summed E-state index contributed by atoms with van der Waals surface area (Å²) >= 11 is 0. The first-order chi connectivity index (χ1) is 17.8. The average molecular weight is 505 g/mol. The molecule has 3 rings (SSSR count). The molecule has 0 aromatic heterocycles. The van der Waals surface area contributed by atoms with Crippen molar-refractivity contribution in [3.05, 3.63) is 102 Å². The number of carboxylic acid groups (broad SMARTS) is 1. The van der Waals surface area contributed by atoms with Gasteiger partial charge in [0.15, 0.2) is 6.04 Å². The van der Waals surface area contributed by atoms with Crippen LogP contribution < -0.4 is 10.2 Å². The first kappa shape index (κ1) is 26.9. The van der Waals surface area contributed by atoms with E-state index in [1.807, 2.05) is 18.2 Å². The highest BCUT2D eigenvalue weighted by atomic mass is 16.6. The van der Waals surface area contributed by atoms with Gasteiger partial charge in [0.2, 0.25) is 5.91 Å². The fourth-order valence-corrected chi connectivity index (χ4v) is 3.51. The zero-order valence-corrected chi connectivity index (χ0v) is 20.4. The summed E-state index contributed by atoms with van der Waals surface area (Å²) < 4.78 is 10.7. The second-order valence-corrected chi connectivity index (χ2v) is 8.22. The van der Waals surface area contributed by atoms with Gasteiger partial charge in [0.05, 0.1) is 5.56 Å². The number of hydrogen-bond acceptors (Lipinski definition) is 6. The predicted octanol–water partition coefficient (Wildman–Crippen LogP) is 4.03. The lowest BCUT2D eigenvalue weighted by Gasteiger charge is -2.29. The van der Waals surface area contributed by atoms with Gasteiger partial charge >= 0.3 is 18.0 Å². The molecule has 0 bridgehead atoms. The smallest absolute Gasteiger partial charge is 0.415 e. The number of para-hydroxylation sites is 1. The quantitative estimate of drug-likeness (QED) is 0.400. The molecule has 0 aliphatic carbocycles.